The molecule has 0 aliphatic carbocycles. The van der Waals surface area contributed by atoms with Gasteiger partial charge in [0, 0.05) is 19.8 Å². The number of pyridine rings is 1. The van der Waals surface area contributed by atoms with Crippen LogP contribution in [0.4, 0.5) is 4.79 Å². The summed E-state index contributed by atoms with van der Waals surface area (Å²) in [5.41, 5.74) is 0.605. The zero-order valence-corrected chi connectivity index (χ0v) is 11.5. The Labute approximate surface area is 117 Å². The van der Waals surface area contributed by atoms with Gasteiger partial charge in [0.05, 0.1) is 23.9 Å². The van der Waals surface area contributed by atoms with Crippen molar-refractivity contribution in [3.8, 4) is 0 Å². The number of aliphatic hydroxyl groups excluding tert-OH is 1. The monoisotopic (exact) mass is 281 g/mol. The van der Waals surface area contributed by atoms with Crippen LogP contribution in [-0.4, -0.2) is 51.8 Å². The summed E-state index contributed by atoms with van der Waals surface area (Å²) in [6.07, 6.45) is 1.43. The van der Waals surface area contributed by atoms with Crippen molar-refractivity contribution < 1.29 is 19.8 Å². The van der Waals surface area contributed by atoms with Crippen LogP contribution in [0.15, 0.2) is 18.3 Å². The predicted octanol–water partition coefficient (Wildman–Crippen LogP) is 0.692. The van der Waals surface area contributed by atoms with Gasteiger partial charge in [0.15, 0.2) is 0 Å². The van der Waals surface area contributed by atoms with Gasteiger partial charge in [-0.25, -0.2) is 9.59 Å². The summed E-state index contributed by atoms with van der Waals surface area (Å²) >= 11 is 0. The van der Waals surface area contributed by atoms with Gasteiger partial charge in [0.25, 0.3) is 0 Å². The molecule has 2 amide bonds. The third-order valence-electron chi connectivity index (χ3n) is 2.71. The second-order valence-electron chi connectivity index (χ2n) is 4.56. The van der Waals surface area contributed by atoms with E-state index in [0.717, 1.165) is 0 Å². The Kier molecular flexibility index (Phi) is 5.92. The average molecular weight is 281 g/mol. The molecule has 0 aromatic carbocycles. The fraction of sp³-hybridized carbons (Fsp3) is 0.462. The molecular weight excluding hydrogens is 262 g/mol. The van der Waals surface area contributed by atoms with Crippen LogP contribution in [0.3, 0.4) is 0 Å². The minimum absolute atomic E-state index is 0.131. The first-order valence-electron chi connectivity index (χ1n) is 6.25. The summed E-state index contributed by atoms with van der Waals surface area (Å²) in [5.74, 6) is -1.03. The van der Waals surface area contributed by atoms with Gasteiger partial charge < -0.3 is 20.4 Å². The molecule has 3 N–H and O–H groups in total. The van der Waals surface area contributed by atoms with E-state index in [1.807, 2.05) is 0 Å². The quantitative estimate of drug-likeness (QED) is 0.712. The van der Waals surface area contributed by atoms with E-state index in [9.17, 15) is 9.59 Å². The molecule has 0 spiro atoms. The van der Waals surface area contributed by atoms with Crippen LogP contribution in [0, 0.1) is 0 Å². The fourth-order valence-electron chi connectivity index (χ4n) is 1.49. The lowest BCUT2D eigenvalue weighted by Crippen LogP contribution is -2.38. The van der Waals surface area contributed by atoms with Crippen LogP contribution in [0.1, 0.15) is 29.4 Å². The van der Waals surface area contributed by atoms with Gasteiger partial charge >= 0.3 is 12.0 Å². The minimum Gasteiger partial charge on any atom is -0.478 e. The maximum absolute atomic E-state index is 11.7. The molecule has 0 saturated heterocycles. The van der Waals surface area contributed by atoms with E-state index in [2.05, 4.69) is 10.3 Å². The maximum Gasteiger partial charge on any atom is 0.335 e. The van der Waals surface area contributed by atoms with Crippen LogP contribution in [0.2, 0.25) is 0 Å². The van der Waals surface area contributed by atoms with E-state index in [1.54, 1.807) is 14.0 Å². The molecule has 1 rings (SSSR count). The Balaban J connectivity index is 2.48. The van der Waals surface area contributed by atoms with Crippen molar-refractivity contribution in [2.45, 2.75) is 26.0 Å². The van der Waals surface area contributed by atoms with Crippen LogP contribution in [0.5, 0.6) is 0 Å². The van der Waals surface area contributed by atoms with Crippen LogP contribution < -0.4 is 5.32 Å². The molecule has 7 heteroatoms. The molecule has 0 saturated carbocycles. The van der Waals surface area contributed by atoms with Crippen molar-refractivity contribution in [3.63, 3.8) is 0 Å². The van der Waals surface area contributed by atoms with Crippen LogP contribution in [0.25, 0.3) is 0 Å². The van der Waals surface area contributed by atoms with Crippen LogP contribution in [-0.2, 0) is 6.54 Å². The molecule has 0 bridgehead atoms. The zero-order valence-electron chi connectivity index (χ0n) is 11.5. The van der Waals surface area contributed by atoms with Crippen molar-refractivity contribution in [2.75, 3.05) is 13.6 Å². The van der Waals surface area contributed by atoms with E-state index in [4.69, 9.17) is 10.2 Å². The number of nitrogens with one attached hydrogen (secondary N) is 1. The lowest BCUT2D eigenvalue weighted by molar-refractivity contribution is 0.0696. The predicted molar refractivity (Wildman–Crippen MR) is 72.4 cm³/mol. The minimum atomic E-state index is -1.03. The Morgan fingerprint density at radius 2 is 2.20 bits per heavy atom. The molecule has 0 radical (unpaired) electrons. The topological polar surface area (TPSA) is 103 Å². The number of aromatic carboxylic acids is 1. The van der Waals surface area contributed by atoms with E-state index >= 15 is 0 Å². The number of hydrogen-bond acceptors (Lipinski definition) is 4. The molecule has 0 aliphatic rings. The molecule has 0 fully saturated rings. The van der Waals surface area contributed by atoms with Gasteiger partial charge in [0.2, 0.25) is 0 Å². The highest BCUT2D eigenvalue weighted by atomic mass is 16.4. The summed E-state index contributed by atoms with van der Waals surface area (Å²) in [5, 5.41) is 20.6. The second-order valence-corrected chi connectivity index (χ2v) is 4.56. The molecule has 1 aromatic rings. The Morgan fingerprint density at radius 3 is 2.80 bits per heavy atom. The molecule has 20 heavy (non-hydrogen) atoms. The largest absolute Gasteiger partial charge is 0.478 e. The van der Waals surface area contributed by atoms with Crippen molar-refractivity contribution in [1.29, 1.82) is 0 Å². The summed E-state index contributed by atoms with van der Waals surface area (Å²) in [4.78, 5) is 28.0. The van der Waals surface area contributed by atoms with Crippen LogP contribution >= 0.6 is 0 Å². The number of nitrogens with zero attached hydrogens (tertiary/aromatic N) is 2. The van der Waals surface area contributed by atoms with E-state index < -0.39 is 12.1 Å². The highest BCUT2D eigenvalue weighted by Gasteiger charge is 2.10. The third kappa shape index (κ3) is 5.23. The molecule has 0 aliphatic heterocycles. The number of rotatable bonds is 6. The van der Waals surface area contributed by atoms with E-state index in [1.165, 1.54) is 23.2 Å². The molecule has 110 valence electrons. The maximum atomic E-state index is 11.7. The van der Waals surface area contributed by atoms with Crippen molar-refractivity contribution in [2.24, 2.45) is 0 Å². The number of amides is 2. The Morgan fingerprint density at radius 1 is 1.50 bits per heavy atom. The van der Waals surface area contributed by atoms with E-state index in [0.29, 0.717) is 18.7 Å². The number of carbonyl (C=O) groups is 2. The Bertz CT molecular complexity index is 476. The van der Waals surface area contributed by atoms with Gasteiger partial charge in [-0.05, 0) is 25.5 Å². The first-order chi connectivity index (χ1) is 9.40. The number of urea groups is 1. The summed E-state index contributed by atoms with van der Waals surface area (Å²) in [6, 6.07) is 2.51. The molecular formula is C13H19N3O4. The van der Waals surface area contributed by atoms with E-state index in [-0.39, 0.29) is 18.1 Å². The number of aliphatic hydroxyl groups is 1. The molecule has 1 unspecified atom stereocenters. The summed E-state index contributed by atoms with van der Waals surface area (Å²) < 4.78 is 0. The lowest BCUT2D eigenvalue weighted by atomic mass is 10.2. The SMILES string of the molecule is CC(O)CCN(C)C(=O)NCc1cc(C(=O)O)ccn1. The number of carboxylic acids is 1. The third-order valence-corrected chi connectivity index (χ3v) is 2.71. The first kappa shape index (κ1) is 15.9. The highest BCUT2D eigenvalue weighted by Crippen LogP contribution is 2.02. The standard InChI is InChI=1S/C13H19N3O4/c1-9(17)4-6-16(2)13(20)15-8-11-7-10(12(18)19)3-5-14-11/h3,5,7,9,17H,4,6,8H2,1-2H3,(H,15,20)(H,18,19). The molecule has 7 nitrogen and oxygen atoms in total. The first-order valence-corrected chi connectivity index (χ1v) is 6.25. The molecule has 1 atom stereocenters. The Hall–Kier alpha value is -2.15. The second kappa shape index (κ2) is 7.44. The molecule has 1 heterocycles. The number of carboxylic acid groups (broad SMARTS) is 1. The zero-order chi connectivity index (χ0) is 15.1. The van der Waals surface area contributed by atoms with Gasteiger partial charge in [0.1, 0.15) is 0 Å². The van der Waals surface area contributed by atoms with Gasteiger partial charge in [-0.2, -0.15) is 0 Å². The van der Waals surface area contributed by atoms with Gasteiger partial charge in [-0.15, -0.1) is 0 Å². The number of carbonyl (C=O) groups excluding carboxylic acids is 1. The highest BCUT2D eigenvalue weighted by molar-refractivity contribution is 5.87. The van der Waals surface area contributed by atoms with Crippen molar-refractivity contribution >= 4 is 12.0 Å². The number of hydrogen-bond donors (Lipinski definition) is 3. The van der Waals surface area contributed by atoms with Crippen molar-refractivity contribution in [1.82, 2.24) is 15.2 Å². The van der Waals surface area contributed by atoms with Crippen molar-refractivity contribution in [3.05, 3.63) is 29.6 Å². The van der Waals surface area contributed by atoms with Gasteiger partial charge in [-0.3, -0.25) is 4.98 Å². The smallest absolute Gasteiger partial charge is 0.335 e. The lowest BCUT2D eigenvalue weighted by Gasteiger charge is -2.18. The molecule has 1 aromatic heterocycles. The fourth-order valence-corrected chi connectivity index (χ4v) is 1.49. The summed E-state index contributed by atoms with van der Waals surface area (Å²) in [6.45, 7) is 2.25. The normalized spacial score (nSPS) is 11.8. The number of aromatic nitrogens is 1. The van der Waals surface area contributed by atoms with Gasteiger partial charge in [-0.1, -0.05) is 0 Å². The summed E-state index contributed by atoms with van der Waals surface area (Å²) in [7, 11) is 1.62. The average Bonchev–Trinajstić information content (AvgIpc) is 2.42.